The molecule has 4 heterocycles. The lowest BCUT2D eigenvalue weighted by Gasteiger charge is -2.05. The van der Waals surface area contributed by atoms with Crippen LogP contribution in [0.4, 0.5) is 0 Å². The van der Waals surface area contributed by atoms with Gasteiger partial charge in [0, 0.05) is 40.5 Å². The second-order valence-electron chi connectivity index (χ2n) is 7.45. The van der Waals surface area contributed by atoms with Crippen LogP contribution in [0.1, 0.15) is 19.5 Å². The molecule has 0 aliphatic heterocycles. The molecule has 10 heteroatoms. The highest BCUT2D eigenvalue weighted by Gasteiger charge is 2.20. The fraction of sp³-hybridized carbons (Fsp3) is 0.182. The van der Waals surface area contributed by atoms with Crippen molar-refractivity contribution in [3.05, 3.63) is 64.8 Å². The number of rotatable bonds is 5. The van der Waals surface area contributed by atoms with Gasteiger partial charge in [0.2, 0.25) is 5.13 Å². The van der Waals surface area contributed by atoms with Gasteiger partial charge in [-0.1, -0.05) is 54.5 Å². The standard InChI is InChI=1S/C22H18Cl2N6S2/c1-12(2)31-21-19(14-5-6-17(23)18(24)9-14)27-22(32-21)30-11-16(13(3)28-30)15-10-26-29-8-4-7-25-20(15)29/h4-12H,1-3H3. The van der Waals surface area contributed by atoms with Crippen molar-refractivity contribution in [3.63, 3.8) is 0 Å². The van der Waals surface area contributed by atoms with E-state index in [4.69, 9.17) is 33.3 Å². The van der Waals surface area contributed by atoms with Crippen LogP contribution in [0.2, 0.25) is 10.0 Å². The zero-order valence-electron chi connectivity index (χ0n) is 17.5. The third kappa shape index (κ3) is 3.92. The summed E-state index contributed by atoms with van der Waals surface area (Å²) in [5.74, 6) is 0. The van der Waals surface area contributed by atoms with E-state index < -0.39 is 0 Å². The molecule has 0 saturated carbocycles. The highest BCUT2D eigenvalue weighted by molar-refractivity contribution is 8.01. The number of aromatic nitrogens is 6. The van der Waals surface area contributed by atoms with Crippen molar-refractivity contribution < 1.29 is 0 Å². The molecule has 1 aromatic carbocycles. The molecule has 32 heavy (non-hydrogen) atoms. The Labute approximate surface area is 203 Å². The zero-order chi connectivity index (χ0) is 22.4. The Bertz CT molecular complexity index is 1440. The molecule has 0 fully saturated rings. The predicted molar refractivity (Wildman–Crippen MR) is 132 cm³/mol. The summed E-state index contributed by atoms with van der Waals surface area (Å²) in [7, 11) is 0. The van der Waals surface area contributed by atoms with E-state index in [0.717, 1.165) is 43.1 Å². The number of halogens is 2. The topological polar surface area (TPSA) is 60.9 Å². The van der Waals surface area contributed by atoms with Gasteiger partial charge in [0.25, 0.3) is 0 Å². The number of thiazole rings is 1. The van der Waals surface area contributed by atoms with E-state index in [1.54, 1.807) is 39.9 Å². The molecule has 4 aromatic heterocycles. The minimum atomic E-state index is 0.407. The van der Waals surface area contributed by atoms with E-state index in [-0.39, 0.29) is 0 Å². The molecule has 6 nitrogen and oxygen atoms in total. The van der Waals surface area contributed by atoms with E-state index in [9.17, 15) is 0 Å². The van der Waals surface area contributed by atoms with Crippen LogP contribution in [0.5, 0.6) is 0 Å². The molecule has 0 aliphatic rings. The summed E-state index contributed by atoms with van der Waals surface area (Å²) in [6.45, 7) is 6.31. The molecule has 162 valence electrons. The lowest BCUT2D eigenvalue weighted by atomic mass is 10.1. The monoisotopic (exact) mass is 500 g/mol. The molecule has 0 unspecified atom stereocenters. The first kappa shape index (κ1) is 21.5. The van der Waals surface area contributed by atoms with Crippen molar-refractivity contribution in [2.75, 3.05) is 0 Å². The van der Waals surface area contributed by atoms with Crippen LogP contribution in [0.3, 0.4) is 0 Å². The Morgan fingerprint density at radius 3 is 2.75 bits per heavy atom. The minimum Gasteiger partial charge on any atom is -0.236 e. The van der Waals surface area contributed by atoms with Crippen LogP contribution < -0.4 is 0 Å². The fourth-order valence-corrected chi connectivity index (χ4v) is 6.10. The molecule has 0 bridgehead atoms. The average Bonchev–Trinajstić information content (AvgIpc) is 3.46. The third-order valence-corrected chi connectivity index (χ3v) is 7.78. The number of hydrogen-bond acceptors (Lipinski definition) is 6. The number of fused-ring (bicyclic) bond motifs is 1. The maximum absolute atomic E-state index is 6.28. The van der Waals surface area contributed by atoms with Crippen molar-refractivity contribution >= 4 is 51.9 Å². The van der Waals surface area contributed by atoms with Gasteiger partial charge in [-0.15, -0.1) is 11.8 Å². The summed E-state index contributed by atoms with van der Waals surface area (Å²) in [4.78, 5) is 9.40. The maximum atomic E-state index is 6.28. The molecule has 0 radical (unpaired) electrons. The van der Waals surface area contributed by atoms with E-state index in [2.05, 4.69) is 23.9 Å². The second kappa shape index (κ2) is 8.51. The van der Waals surface area contributed by atoms with E-state index in [0.29, 0.717) is 15.3 Å². The Kier molecular flexibility index (Phi) is 5.71. The third-order valence-electron chi connectivity index (χ3n) is 4.78. The average molecular weight is 501 g/mol. The van der Waals surface area contributed by atoms with Crippen LogP contribution in [-0.2, 0) is 0 Å². The van der Waals surface area contributed by atoms with Crippen molar-refractivity contribution in [2.45, 2.75) is 30.2 Å². The maximum Gasteiger partial charge on any atom is 0.211 e. The number of aryl methyl sites for hydroxylation is 1. The molecule has 0 N–H and O–H groups in total. The molecule has 0 spiro atoms. The first-order valence-corrected chi connectivity index (χ1v) is 12.3. The lowest BCUT2D eigenvalue weighted by molar-refractivity contribution is 0.853. The predicted octanol–water partition coefficient (Wildman–Crippen LogP) is 6.82. The molecular weight excluding hydrogens is 483 g/mol. The molecule has 0 atom stereocenters. The minimum absolute atomic E-state index is 0.407. The normalized spacial score (nSPS) is 11.7. The Morgan fingerprint density at radius 2 is 1.97 bits per heavy atom. The summed E-state index contributed by atoms with van der Waals surface area (Å²) in [6, 6.07) is 7.46. The van der Waals surface area contributed by atoms with Gasteiger partial charge in [0.1, 0.15) is 0 Å². The number of benzene rings is 1. The zero-order valence-corrected chi connectivity index (χ0v) is 20.6. The van der Waals surface area contributed by atoms with Gasteiger partial charge < -0.3 is 0 Å². The van der Waals surface area contributed by atoms with E-state index in [1.165, 1.54) is 0 Å². The Hall–Kier alpha value is -2.39. The van der Waals surface area contributed by atoms with Crippen molar-refractivity contribution in [2.24, 2.45) is 0 Å². The SMILES string of the molecule is Cc1nn(-c2nc(-c3ccc(Cl)c(Cl)c3)c(SC(C)C)s2)cc1-c1cnn2cccnc12. The summed E-state index contributed by atoms with van der Waals surface area (Å²) < 4.78 is 4.70. The largest absolute Gasteiger partial charge is 0.236 e. The summed E-state index contributed by atoms with van der Waals surface area (Å²) in [5.41, 5.74) is 5.41. The lowest BCUT2D eigenvalue weighted by Crippen LogP contribution is -1.94. The number of nitrogens with zero attached hydrogens (tertiary/aromatic N) is 6. The van der Waals surface area contributed by atoms with Crippen molar-refractivity contribution in [3.8, 4) is 27.5 Å². The van der Waals surface area contributed by atoms with E-state index >= 15 is 0 Å². The Morgan fingerprint density at radius 1 is 1.12 bits per heavy atom. The summed E-state index contributed by atoms with van der Waals surface area (Å²) in [6.07, 6.45) is 7.45. The molecule has 0 saturated heterocycles. The molecule has 5 rings (SSSR count). The first-order chi connectivity index (χ1) is 15.4. The van der Waals surface area contributed by atoms with Crippen molar-refractivity contribution in [1.29, 1.82) is 0 Å². The summed E-state index contributed by atoms with van der Waals surface area (Å²) >= 11 is 15.8. The van der Waals surface area contributed by atoms with Crippen LogP contribution >= 0.6 is 46.3 Å². The smallest absolute Gasteiger partial charge is 0.211 e. The number of thioether (sulfide) groups is 1. The van der Waals surface area contributed by atoms with Gasteiger partial charge in [-0.05, 0) is 25.1 Å². The highest BCUT2D eigenvalue weighted by Crippen LogP contribution is 2.41. The molecule has 0 amide bonds. The van der Waals surface area contributed by atoms with Crippen LogP contribution in [0.25, 0.3) is 33.2 Å². The quantitative estimate of drug-likeness (QED) is 0.247. The first-order valence-electron chi connectivity index (χ1n) is 9.89. The van der Waals surface area contributed by atoms with Crippen molar-refractivity contribution in [1.82, 2.24) is 29.4 Å². The van der Waals surface area contributed by atoms with Crippen LogP contribution in [-0.4, -0.2) is 34.6 Å². The van der Waals surface area contributed by atoms with Gasteiger partial charge in [-0.3, -0.25) is 0 Å². The van der Waals surface area contributed by atoms with Gasteiger partial charge in [-0.25, -0.2) is 19.2 Å². The summed E-state index contributed by atoms with van der Waals surface area (Å²) in [5, 5.41) is 11.4. The van der Waals surface area contributed by atoms with Gasteiger partial charge in [-0.2, -0.15) is 10.2 Å². The molecule has 5 aromatic rings. The van der Waals surface area contributed by atoms with Crippen LogP contribution in [0.15, 0.2) is 53.3 Å². The molecular formula is C22H18Cl2N6S2. The van der Waals surface area contributed by atoms with Gasteiger partial charge in [0.05, 0.1) is 31.8 Å². The van der Waals surface area contributed by atoms with E-state index in [1.807, 2.05) is 48.4 Å². The fourth-order valence-electron chi connectivity index (χ4n) is 3.35. The highest BCUT2D eigenvalue weighted by atomic mass is 35.5. The van der Waals surface area contributed by atoms with Gasteiger partial charge in [0.15, 0.2) is 5.65 Å². The van der Waals surface area contributed by atoms with Gasteiger partial charge >= 0.3 is 0 Å². The number of hydrogen-bond donors (Lipinski definition) is 0. The second-order valence-corrected chi connectivity index (χ2v) is 11.1. The van der Waals surface area contributed by atoms with Crippen LogP contribution in [0, 0.1) is 6.92 Å². The Balaban J connectivity index is 1.60. The molecule has 0 aliphatic carbocycles.